The zero-order valence-corrected chi connectivity index (χ0v) is 51.3. The van der Waals surface area contributed by atoms with Gasteiger partial charge in [0.25, 0.3) is 0 Å². The number of ether oxygens (including phenoxy) is 4. The molecule has 2 N–H and O–H groups in total. The molecule has 0 bridgehead atoms. The first-order valence-corrected chi connectivity index (χ1v) is 30.4. The highest BCUT2D eigenvalue weighted by Gasteiger charge is 2.38. The van der Waals surface area contributed by atoms with Gasteiger partial charge in [-0.05, 0) is 134 Å². The van der Waals surface area contributed by atoms with Gasteiger partial charge in [-0.25, -0.2) is 0 Å². The highest BCUT2D eigenvalue weighted by atomic mass is 32.1. The average Bonchev–Trinajstić information content (AvgIpc) is 2.98. The van der Waals surface area contributed by atoms with Gasteiger partial charge in [0.05, 0.1) is 33.5 Å². The van der Waals surface area contributed by atoms with Gasteiger partial charge >= 0.3 is 17.9 Å². The van der Waals surface area contributed by atoms with Crippen LogP contribution in [0.4, 0.5) is 0 Å². The average molecular weight is 1180 g/mol. The number of carboxylic acids is 1. The normalized spacial score (nSPS) is 16.1. The van der Waals surface area contributed by atoms with E-state index >= 15 is 0 Å². The lowest BCUT2D eigenvalue weighted by Crippen LogP contribution is -2.33. The molecule has 0 radical (unpaired) electrons. The predicted octanol–water partition coefficient (Wildman–Crippen LogP) is 14.2. The van der Waals surface area contributed by atoms with E-state index in [2.05, 4.69) is 122 Å². The number of hydrogen-bond donors (Lipinski definition) is 2. The molecule has 15 nitrogen and oxygen atoms in total. The van der Waals surface area contributed by atoms with E-state index in [0.29, 0.717) is 18.2 Å². The Bertz CT molecular complexity index is 3400. The van der Waals surface area contributed by atoms with Crippen LogP contribution in [0.25, 0.3) is 0 Å². The molecule has 3 heterocycles. The molecule has 3 aromatic heterocycles. The maximum atomic E-state index is 11.9. The van der Waals surface area contributed by atoms with Gasteiger partial charge in [0.15, 0.2) is 0 Å². The Morgan fingerprint density at radius 1 is 0.470 bits per heavy atom. The summed E-state index contributed by atoms with van der Waals surface area (Å²) in [6.07, 6.45) is 5.21. The van der Waals surface area contributed by atoms with Crippen LogP contribution in [-0.4, -0.2) is 72.9 Å². The van der Waals surface area contributed by atoms with Crippen LogP contribution in [0.2, 0.25) is 0 Å². The van der Waals surface area contributed by atoms with Crippen molar-refractivity contribution in [2.24, 2.45) is 0 Å². The molecule has 0 spiro atoms. The summed E-state index contributed by atoms with van der Waals surface area (Å²) in [5.41, 5.74) is 16.6. The highest BCUT2D eigenvalue weighted by Crippen LogP contribution is 2.47. The van der Waals surface area contributed by atoms with Crippen LogP contribution >= 0.6 is 34.0 Å². The van der Waals surface area contributed by atoms with Crippen molar-refractivity contribution in [3.05, 3.63) is 191 Å². The number of phenolic OH excluding ortho intramolecular Hbond substituents is 1. The maximum absolute atomic E-state index is 11.9. The van der Waals surface area contributed by atoms with Gasteiger partial charge in [-0.2, -0.15) is 0 Å². The fraction of sp³-hybridized carbons (Fsp3) is 0.400. The van der Waals surface area contributed by atoms with Gasteiger partial charge in [0, 0.05) is 17.8 Å². The minimum absolute atomic E-state index is 0.0172. The molecule has 10 rings (SSSR count). The molecular formula is C65H74N6O9S3. The Kier molecular flexibility index (Phi) is 20.0. The number of methoxy groups -OCH3 is 2. The van der Waals surface area contributed by atoms with Crippen LogP contribution in [0.1, 0.15) is 183 Å². The minimum Gasteiger partial charge on any atom is -0.508 e. The molecule has 0 aliphatic heterocycles. The Balaban J connectivity index is 0.000000170. The molecule has 2 aliphatic carbocycles. The van der Waals surface area contributed by atoms with Crippen LogP contribution in [0.3, 0.4) is 0 Å². The molecule has 2 aliphatic rings. The Labute approximate surface area is 498 Å². The van der Waals surface area contributed by atoms with E-state index in [1.807, 2.05) is 48.5 Å². The van der Waals surface area contributed by atoms with Gasteiger partial charge in [-0.3, -0.25) is 14.4 Å². The van der Waals surface area contributed by atoms with E-state index < -0.39 is 5.97 Å². The molecule has 0 saturated carbocycles. The smallest absolute Gasteiger partial charge is 0.306 e. The van der Waals surface area contributed by atoms with E-state index in [9.17, 15) is 24.6 Å². The summed E-state index contributed by atoms with van der Waals surface area (Å²) in [7, 11) is 2.76. The molecule has 0 fully saturated rings. The largest absolute Gasteiger partial charge is 0.508 e. The summed E-state index contributed by atoms with van der Waals surface area (Å²) >= 11 is 4.20. The third kappa shape index (κ3) is 15.8. The lowest BCUT2D eigenvalue weighted by Gasteiger charge is -2.42. The molecule has 83 heavy (non-hydrogen) atoms. The Hall–Kier alpha value is -7.41. The van der Waals surface area contributed by atoms with Crippen molar-refractivity contribution in [1.29, 1.82) is 0 Å². The number of phenols is 1. The summed E-state index contributed by atoms with van der Waals surface area (Å²) in [6.45, 7) is 19.7. The van der Waals surface area contributed by atoms with Gasteiger partial charge in [-0.1, -0.05) is 128 Å². The molecule has 436 valence electrons. The number of esters is 2. The zero-order valence-electron chi connectivity index (χ0n) is 48.9. The predicted molar refractivity (Wildman–Crippen MR) is 324 cm³/mol. The van der Waals surface area contributed by atoms with E-state index in [1.165, 1.54) is 102 Å². The van der Waals surface area contributed by atoms with Crippen molar-refractivity contribution in [3.8, 4) is 17.2 Å². The zero-order chi connectivity index (χ0) is 59.5. The Morgan fingerprint density at radius 2 is 0.795 bits per heavy atom. The van der Waals surface area contributed by atoms with Crippen LogP contribution < -0.4 is 9.47 Å². The molecule has 8 aromatic rings. The van der Waals surface area contributed by atoms with Gasteiger partial charge in [0.1, 0.15) is 62.0 Å². The van der Waals surface area contributed by atoms with Gasteiger partial charge in [-0.15, -0.1) is 64.6 Å². The number of nitrogens with zero attached hydrogens (tertiary/aromatic N) is 6. The van der Waals surface area contributed by atoms with Gasteiger partial charge < -0.3 is 29.2 Å². The number of carbonyl (C=O) groups is 3. The number of aromatic nitrogens is 6. The number of carbonyl (C=O) groups excluding carboxylic acids is 2. The van der Waals surface area contributed by atoms with E-state index in [4.69, 9.17) is 18.9 Å². The molecule has 0 saturated heterocycles. The number of fused-ring (bicyclic) bond motifs is 2. The summed E-state index contributed by atoms with van der Waals surface area (Å²) < 4.78 is 21.7. The van der Waals surface area contributed by atoms with Crippen LogP contribution in [0.15, 0.2) is 126 Å². The van der Waals surface area contributed by atoms with Crippen molar-refractivity contribution in [2.75, 3.05) is 14.2 Å². The van der Waals surface area contributed by atoms with Crippen molar-refractivity contribution >= 4 is 51.9 Å². The van der Waals surface area contributed by atoms with Crippen molar-refractivity contribution in [1.82, 2.24) is 30.6 Å². The molecule has 18 heteroatoms. The summed E-state index contributed by atoms with van der Waals surface area (Å²) in [5, 5.41) is 44.6. The summed E-state index contributed by atoms with van der Waals surface area (Å²) in [6, 6.07) is 35.8. The SMILES string of the molecule is CC1(C)CCC(C)(C)c2cc(COc3ccc([C@@H](CC(=O)O)c4nncs4)cc3)ccc21.COC(=O)C[C@H](c1ccc(O)cc1)c1nncs1.COC(=O)C[C@H](c1ccc(OCc2ccc3c(c2)C(C)(C)CCC3(C)C)cc1)c1nncs1. The highest BCUT2D eigenvalue weighted by molar-refractivity contribution is 7.09. The molecule has 0 unspecified atom stereocenters. The van der Waals surface area contributed by atoms with E-state index in [1.54, 1.807) is 40.8 Å². The van der Waals surface area contributed by atoms with E-state index in [0.717, 1.165) is 43.8 Å². The fourth-order valence-corrected chi connectivity index (χ4v) is 12.8. The molecule has 5 aromatic carbocycles. The molecular weight excluding hydrogens is 1100 g/mol. The number of carboxylic acid groups (broad SMARTS) is 1. The first-order chi connectivity index (χ1) is 39.5. The number of hydrogen-bond acceptors (Lipinski definition) is 17. The van der Waals surface area contributed by atoms with Crippen molar-refractivity contribution < 1.29 is 43.5 Å². The quantitative estimate of drug-likeness (QED) is 0.0767. The van der Waals surface area contributed by atoms with Gasteiger partial charge in [0.2, 0.25) is 0 Å². The minimum atomic E-state index is -0.857. The topological polar surface area (TPSA) is 206 Å². The van der Waals surface area contributed by atoms with Crippen LogP contribution in [0, 0.1) is 0 Å². The first kappa shape index (κ1) is 61.7. The number of aromatic hydroxyl groups is 1. The third-order valence-electron chi connectivity index (χ3n) is 16.1. The molecule has 0 amide bonds. The van der Waals surface area contributed by atoms with E-state index in [-0.39, 0.29) is 76.4 Å². The fourth-order valence-electron chi connectivity index (χ4n) is 10.8. The first-order valence-electron chi connectivity index (χ1n) is 27.7. The lowest BCUT2D eigenvalue weighted by molar-refractivity contribution is -0.141. The third-order valence-corrected chi connectivity index (χ3v) is 18.5. The number of aliphatic carboxylic acids is 1. The lowest BCUT2D eigenvalue weighted by atomic mass is 9.63. The summed E-state index contributed by atoms with van der Waals surface area (Å²) in [4.78, 5) is 34.7. The number of rotatable bonds is 18. The van der Waals surface area contributed by atoms with Crippen LogP contribution in [0.5, 0.6) is 17.2 Å². The summed E-state index contributed by atoms with van der Waals surface area (Å²) in [5.74, 6) is -0.354. The monoisotopic (exact) mass is 1180 g/mol. The second kappa shape index (κ2) is 26.9. The van der Waals surface area contributed by atoms with Crippen molar-refractivity contribution in [2.45, 2.75) is 153 Å². The van der Waals surface area contributed by atoms with Crippen LogP contribution in [-0.2, 0) is 58.7 Å². The van der Waals surface area contributed by atoms with Crippen molar-refractivity contribution in [3.63, 3.8) is 0 Å². The maximum Gasteiger partial charge on any atom is 0.306 e. The second-order valence-electron chi connectivity index (χ2n) is 23.7. The standard InChI is InChI=1S/C27H32N2O3S.C26H30N2O3S.C12H12N2O3S/c1-26(2)12-13-27(3,4)23-14-18(6-11-22(23)26)16-32-20-9-7-19(8-10-20)21(15-24(30)31-5)25-29-28-17-33-25;1-25(2)11-12-26(3,4)22-13-17(5-10-21(22)25)15-31-19-8-6-18(7-9-19)20(14-23(29)30)24-28-27-16-32-24;1-17-11(16)6-10(12-14-13-7-18-12)8-2-4-9(15)5-3-8/h6-11,14,17,21H,12-13,15-16H2,1-5H3;5-10,13,16,20H,11-12,14-15H2,1-4H3,(H,29,30);2-5,7,10,15H,6H2,1H3/t21-;20-;10-/m111/s1. The molecule has 3 atom stereocenters. The second-order valence-corrected chi connectivity index (χ2v) is 26.3. The number of benzene rings is 5. The Morgan fingerprint density at radius 3 is 1.11 bits per heavy atom.